The van der Waals surface area contributed by atoms with E-state index >= 15 is 0 Å². The Morgan fingerprint density at radius 3 is 2.67 bits per heavy atom. The van der Waals surface area contributed by atoms with Gasteiger partial charge in [-0.3, -0.25) is 4.79 Å². The summed E-state index contributed by atoms with van der Waals surface area (Å²) in [5.41, 5.74) is 4.87. The molecule has 0 spiro atoms. The molecule has 0 aliphatic rings. The van der Waals surface area contributed by atoms with Crippen LogP contribution >= 0.6 is 15.9 Å². The number of carbonyl (C=O) groups is 1. The van der Waals surface area contributed by atoms with Gasteiger partial charge in [-0.25, -0.2) is 8.78 Å². The van der Waals surface area contributed by atoms with Gasteiger partial charge in [0.25, 0.3) is 0 Å². The van der Waals surface area contributed by atoms with Gasteiger partial charge in [0.15, 0.2) is 11.6 Å². The van der Waals surface area contributed by atoms with Crippen LogP contribution in [0.5, 0.6) is 5.75 Å². The zero-order chi connectivity index (χ0) is 11.4. The van der Waals surface area contributed by atoms with Crippen LogP contribution in [0.4, 0.5) is 8.78 Å². The number of amides is 1. The van der Waals surface area contributed by atoms with Crippen LogP contribution in [-0.2, 0) is 4.79 Å². The molecule has 6 heteroatoms. The van der Waals surface area contributed by atoms with Crippen molar-refractivity contribution in [2.24, 2.45) is 5.73 Å². The smallest absolute Gasteiger partial charge is 0.220 e. The lowest BCUT2D eigenvalue weighted by atomic mass is 10.3. The van der Waals surface area contributed by atoms with Crippen molar-refractivity contribution in [3.05, 3.63) is 28.2 Å². The number of ether oxygens (including phenoxy) is 1. The maximum atomic E-state index is 13.1. The second kappa shape index (κ2) is 5.06. The third-order valence-corrected chi connectivity index (χ3v) is 2.15. The summed E-state index contributed by atoms with van der Waals surface area (Å²) >= 11 is 2.94. The van der Waals surface area contributed by atoms with Gasteiger partial charge in [0.2, 0.25) is 5.91 Å². The van der Waals surface area contributed by atoms with E-state index < -0.39 is 17.5 Å². The van der Waals surface area contributed by atoms with Crippen LogP contribution in [0.3, 0.4) is 0 Å². The van der Waals surface area contributed by atoms with Crippen molar-refractivity contribution in [2.75, 3.05) is 6.61 Å². The molecule has 0 aliphatic heterocycles. The predicted molar refractivity (Wildman–Crippen MR) is 53.4 cm³/mol. The number of halogens is 3. The third kappa shape index (κ3) is 3.47. The third-order valence-electron chi connectivity index (χ3n) is 1.56. The van der Waals surface area contributed by atoms with Gasteiger partial charge in [0, 0.05) is 6.07 Å². The Morgan fingerprint density at radius 2 is 2.13 bits per heavy atom. The quantitative estimate of drug-likeness (QED) is 0.916. The lowest BCUT2D eigenvalue weighted by Crippen LogP contribution is -2.15. The molecule has 0 radical (unpaired) electrons. The van der Waals surface area contributed by atoms with E-state index in [1.54, 1.807) is 0 Å². The number of nitrogens with two attached hydrogens (primary N) is 1. The van der Waals surface area contributed by atoms with E-state index in [0.717, 1.165) is 6.07 Å². The fourth-order valence-corrected chi connectivity index (χ4v) is 1.44. The molecule has 1 amide bonds. The lowest BCUT2D eigenvalue weighted by molar-refractivity contribution is -0.118. The molecule has 0 aromatic heterocycles. The first-order valence-electron chi connectivity index (χ1n) is 4.06. The molecule has 82 valence electrons. The van der Waals surface area contributed by atoms with Crippen LogP contribution in [-0.4, -0.2) is 12.5 Å². The first kappa shape index (κ1) is 11.9. The fraction of sp³-hybridized carbons (Fsp3) is 0.222. The summed E-state index contributed by atoms with van der Waals surface area (Å²) < 4.78 is 30.9. The molecule has 1 rings (SSSR count). The molecule has 15 heavy (non-hydrogen) atoms. The SMILES string of the molecule is NC(=O)CCOc1c(F)cc(F)cc1Br. The molecule has 1 aromatic rings. The van der Waals surface area contributed by atoms with Gasteiger partial charge in [-0.05, 0) is 22.0 Å². The Kier molecular flexibility index (Phi) is 4.02. The topological polar surface area (TPSA) is 52.3 Å². The minimum absolute atomic E-state index is 0.0245. The van der Waals surface area contributed by atoms with Gasteiger partial charge in [-0.1, -0.05) is 0 Å². The second-order valence-corrected chi connectivity index (χ2v) is 3.62. The largest absolute Gasteiger partial charge is 0.489 e. The number of hydrogen-bond acceptors (Lipinski definition) is 2. The minimum Gasteiger partial charge on any atom is -0.489 e. The van der Waals surface area contributed by atoms with Crippen molar-refractivity contribution in [1.29, 1.82) is 0 Å². The molecule has 0 heterocycles. The summed E-state index contributed by atoms with van der Waals surface area (Å²) in [6.45, 7) is -0.0452. The minimum atomic E-state index is -0.827. The average Bonchev–Trinajstić information content (AvgIpc) is 2.08. The zero-order valence-electron chi connectivity index (χ0n) is 7.60. The highest BCUT2D eigenvalue weighted by Crippen LogP contribution is 2.29. The molecule has 0 bridgehead atoms. The Hall–Kier alpha value is -1.17. The van der Waals surface area contributed by atoms with Crippen molar-refractivity contribution in [3.63, 3.8) is 0 Å². The van der Waals surface area contributed by atoms with Crippen LogP contribution in [0.25, 0.3) is 0 Å². The molecule has 0 unspecified atom stereocenters. The average molecular weight is 280 g/mol. The molecule has 0 saturated carbocycles. The molecular formula is C9H8BrF2NO2. The van der Waals surface area contributed by atoms with E-state index in [-0.39, 0.29) is 23.2 Å². The van der Waals surface area contributed by atoms with Crippen molar-refractivity contribution in [3.8, 4) is 5.75 Å². The Labute approximate surface area is 93.3 Å². The molecule has 0 fully saturated rings. The van der Waals surface area contributed by atoms with E-state index in [1.807, 2.05) is 0 Å². The summed E-state index contributed by atoms with van der Waals surface area (Å²) in [6, 6.07) is 1.77. The van der Waals surface area contributed by atoms with Crippen LogP contribution in [0.1, 0.15) is 6.42 Å². The zero-order valence-corrected chi connectivity index (χ0v) is 9.18. The van der Waals surface area contributed by atoms with E-state index in [9.17, 15) is 13.6 Å². The van der Waals surface area contributed by atoms with Crippen LogP contribution in [0, 0.1) is 11.6 Å². The van der Waals surface area contributed by atoms with E-state index in [2.05, 4.69) is 15.9 Å². The van der Waals surface area contributed by atoms with Crippen molar-refractivity contribution >= 4 is 21.8 Å². The van der Waals surface area contributed by atoms with Crippen molar-refractivity contribution in [1.82, 2.24) is 0 Å². The van der Waals surface area contributed by atoms with Crippen LogP contribution < -0.4 is 10.5 Å². The molecule has 0 saturated heterocycles. The molecular weight excluding hydrogens is 272 g/mol. The van der Waals surface area contributed by atoms with Gasteiger partial charge in [-0.15, -0.1) is 0 Å². The van der Waals surface area contributed by atoms with Crippen molar-refractivity contribution in [2.45, 2.75) is 6.42 Å². The van der Waals surface area contributed by atoms with Gasteiger partial charge in [0.1, 0.15) is 5.82 Å². The highest BCUT2D eigenvalue weighted by Gasteiger charge is 2.11. The Bertz CT molecular complexity index is 361. The number of primary amides is 1. The summed E-state index contributed by atoms with van der Waals surface area (Å²) in [5.74, 6) is -2.21. The molecule has 0 atom stereocenters. The summed E-state index contributed by atoms with van der Waals surface area (Å²) in [4.78, 5) is 10.4. The van der Waals surface area contributed by atoms with Crippen LogP contribution in [0.15, 0.2) is 16.6 Å². The van der Waals surface area contributed by atoms with Gasteiger partial charge < -0.3 is 10.5 Å². The molecule has 2 N–H and O–H groups in total. The van der Waals surface area contributed by atoms with E-state index in [1.165, 1.54) is 0 Å². The number of benzene rings is 1. The summed E-state index contributed by atoms with van der Waals surface area (Å²) in [6.07, 6.45) is -0.0245. The summed E-state index contributed by atoms with van der Waals surface area (Å²) in [5, 5.41) is 0. The molecule has 3 nitrogen and oxygen atoms in total. The van der Waals surface area contributed by atoms with Crippen molar-refractivity contribution < 1.29 is 18.3 Å². The predicted octanol–water partition coefficient (Wildman–Crippen LogP) is 1.98. The number of rotatable bonds is 4. The monoisotopic (exact) mass is 279 g/mol. The number of hydrogen-bond donors (Lipinski definition) is 1. The Morgan fingerprint density at radius 1 is 1.47 bits per heavy atom. The first-order valence-corrected chi connectivity index (χ1v) is 4.85. The second-order valence-electron chi connectivity index (χ2n) is 2.76. The van der Waals surface area contributed by atoms with E-state index in [4.69, 9.17) is 10.5 Å². The van der Waals surface area contributed by atoms with E-state index in [0.29, 0.717) is 6.07 Å². The van der Waals surface area contributed by atoms with Gasteiger partial charge >= 0.3 is 0 Å². The molecule has 1 aromatic carbocycles. The maximum Gasteiger partial charge on any atom is 0.220 e. The lowest BCUT2D eigenvalue weighted by Gasteiger charge is -2.08. The summed E-state index contributed by atoms with van der Waals surface area (Å²) in [7, 11) is 0. The standard InChI is InChI=1S/C9H8BrF2NO2/c10-6-3-5(11)4-7(12)9(6)15-2-1-8(13)14/h3-4H,1-2H2,(H2,13,14). The molecule has 0 aliphatic carbocycles. The Balaban J connectivity index is 2.72. The van der Waals surface area contributed by atoms with Crippen LogP contribution in [0.2, 0.25) is 0 Å². The highest BCUT2D eigenvalue weighted by molar-refractivity contribution is 9.10. The fourth-order valence-electron chi connectivity index (χ4n) is 0.921. The van der Waals surface area contributed by atoms with Gasteiger partial charge in [0.05, 0.1) is 17.5 Å². The first-order chi connectivity index (χ1) is 7.00. The highest BCUT2D eigenvalue weighted by atomic mass is 79.9. The van der Waals surface area contributed by atoms with Gasteiger partial charge in [-0.2, -0.15) is 0 Å². The normalized spacial score (nSPS) is 10.1. The number of carbonyl (C=O) groups excluding carboxylic acids is 1. The maximum absolute atomic E-state index is 13.1.